The van der Waals surface area contributed by atoms with Gasteiger partial charge in [0.2, 0.25) is 5.88 Å². The molecule has 0 saturated heterocycles. The average Bonchev–Trinajstić information content (AvgIpc) is 2.84. The van der Waals surface area contributed by atoms with E-state index in [1.165, 1.54) is 23.9 Å². The van der Waals surface area contributed by atoms with Crippen molar-refractivity contribution in [2.75, 3.05) is 11.9 Å². The van der Waals surface area contributed by atoms with E-state index >= 15 is 0 Å². The third kappa shape index (κ3) is 2.44. The molecule has 2 aromatic heterocycles. The van der Waals surface area contributed by atoms with E-state index in [4.69, 9.17) is 4.42 Å². The van der Waals surface area contributed by atoms with Crippen molar-refractivity contribution in [3.8, 4) is 0 Å². The molecule has 2 heterocycles. The summed E-state index contributed by atoms with van der Waals surface area (Å²) >= 11 is 1.50. The van der Waals surface area contributed by atoms with Crippen LogP contribution in [-0.2, 0) is 0 Å². The molecule has 2 aromatic rings. The molecule has 5 heteroatoms. The number of anilines is 1. The molecule has 0 bridgehead atoms. The second-order valence-corrected chi connectivity index (χ2v) is 4.34. The Bertz CT molecular complexity index is 448. The fraction of sp³-hybridized carbons (Fsp3) is 0.200. The number of oxazole rings is 1. The number of carbonyl (C=O) groups is 1. The Morgan fingerprint density at radius 1 is 1.60 bits per heavy atom. The SMILES string of the molecule is Cc1ccc(C(=O)CNc2cnco2)s1. The van der Waals surface area contributed by atoms with Crippen molar-refractivity contribution in [3.63, 3.8) is 0 Å². The second kappa shape index (κ2) is 4.27. The Labute approximate surface area is 90.9 Å². The van der Waals surface area contributed by atoms with E-state index in [9.17, 15) is 4.79 Å². The standard InChI is InChI=1S/C10H10N2O2S/c1-7-2-3-9(15-7)8(13)4-12-10-5-11-6-14-10/h2-3,5-6,12H,4H2,1H3. The number of rotatable bonds is 4. The van der Waals surface area contributed by atoms with Gasteiger partial charge in [-0.2, -0.15) is 0 Å². The lowest BCUT2D eigenvalue weighted by Gasteiger charge is -1.98. The van der Waals surface area contributed by atoms with Crippen LogP contribution < -0.4 is 5.32 Å². The summed E-state index contributed by atoms with van der Waals surface area (Å²) in [5.41, 5.74) is 0. The Hall–Kier alpha value is -1.62. The summed E-state index contributed by atoms with van der Waals surface area (Å²) in [4.78, 5) is 17.3. The van der Waals surface area contributed by atoms with Crippen molar-refractivity contribution < 1.29 is 9.21 Å². The molecule has 0 aromatic carbocycles. The lowest BCUT2D eigenvalue weighted by Crippen LogP contribution is -2.12. The minimum atomic E-state index is 0.0597. The zero-order chi connectivity index (χ0) is 10.7. The maximum absolute atomic E-state index is 11.6. The first-order valence-electron chi connectivity index (χ1n) is 4.48. The van der Waals surface area contributed by atoms with Gasteiger partial charge in [0.05, 0.1) is 17.6 Å². The van der Waals surface area contributed by atoms with Gasteiger partial charge in [0.1, 0.15) is 0 Å². The fourth-order valence-corrected chi connectivity index (χ4v) is 1.95. The number of hydrogen-bond donors (Lipinski definition) is 1. The van der Waals surface area contributed by atoms with Gasteiger partial charge >= 0.3 is 0 Å². The lowest BCUT2D eigenvalue weighted by molar-refractivity contribution is 0.101. The molecule has 0 fully saturated rings. The third-order valence-electron chi connectivity index (χ3n) is 1.87. The number of ketones is 1. The third-order valence-corrected chi connectivity index (χ3v) is 2.91. The van der Waals surface area contributed by atoms with Gasteiger partial charge in [0.25, 0.3) is 0 Å². The van der Waals surface area contributed by atoms with Crippen molar-refractivity contribution in [2.24, 2.45) is 0 Å². The minimum absolute atomic E-state index is 0.0597. The summed E-state index contributed by atoms with van der Waals surface area (Å²) in [5, 5.41) is 2.86. The number of aryl methyl sites for hydroxylation is 1. The molecule has 0 aliphatic rings. The first-order chi connectivity index (χ1) is 7.25. The molecule has 1 N–H and O–H groups in total. The summed E-state index contributed by atoms with van der Waals surface area (Å²) in [5.74, 6) is 0.570. The monoisotopic (exact) mass is 222 g/mol. The van der Waals surface area contributed by atoms with Gasteiger partial charge in [0.15, 0.2) is 12.2 Å². The quantitative estimate of drug-likeness (QED) is 0.807. The van der Waals surface area contributed by atoms with Crippen LogP contribution in [0.5, 0.6) is 0 Å². The Morgan fingerprint density at radius 3 is 3.07 bits per heavy atom. The molecule has 0 atom stereocenters. The maximum Gasteiger partial charge on any atom is 0.213 e. The lowest BCUT2D eigenvalue weighted by atomic mass is 10.3. The Morgan fingerprint density at radius 2 is 2.47 bits per heavy atom. The summed E-state index contributed by atoms with van der Waals surface area (Å²) in [6, 6.07) is 3.77. The van der Waals surface area contributed by atoms with Gasteiger partial charge < -0.3 is 9.73 Å². The number of nitrogens with zero attached hydrogens (tertiary/aromatic N) is 1. The van der Waals surface area contributed by atoms with Gasteiger partial charge in [0, 0.05) is 4.88 Å². The van der Waals surface area contributed by atoms with Crippen molar-refractivity contribution in [3.05, 3.63) is 34.5 Å². The smallest absolute Gasteiger partial charge is 0.213 e. The summed E-state index contributed by atoms with van der Waals surface area (Å²) in [7, 11) is 0. The molecular formula is C10H10N2O2S. The van der Waals surface area contributed by atoms with E-state index in [-0.39, 0.29) is 12.3 Å². The predicted octanol–water partition coefficient (Wildman–Crippen LogP) is 2.34. The van der Waals surface area contributed by atoms with Crippen molar-refractivity contribution in [2.45, 2.75) is 6.92 Å². The molecule has 0 aliphatic heterocycles. The van der Waals surface area contributed by atoms with Crippen LogP contribution in [0.2, 0.25) is 0 Å². The molecule has 4 nitrogen and oxygen atoms in total. The average molecular weight is 222 g/mol. The molecule has 0 unspecified atom stereocenters. The largest absolute Gasteiger partial charge is 0.428 e. The molecule has 0 amide bonds. The second-order valence-electron chi connectivity index (χ2n) is 3.05. The first kappa shape index (κ1) is 9.92. The molecular weight excluding hydrogens is 212 g/mol. The van der Waals surface area contributed by atoms with Crippen LogP contribution in [0.4, 0.5) is 5.88 Å². The fourth-order valence-electron chi connectivity index (χ4n) is 1.14. The van der Waals surface area contributed by atoms with Crippen molar-refractivity contribution in [1.82, 2.24) is 4.98 Å². The first-order valence-corrected chi connectivity index (χ1v) is 5.29. The normalized spacial score (nSPS) is 10.2. The van der Waals surface area contributed by atoms with Gasteiger partial charge in [-0.15, -0.1) is 11.3 Å². The highest BCUT2D eigenvalue weighted by atomic mass is 32.1. The summed E-state index contributed by atoms with van der Waals surface area (Å²) < 4.78 is 4.95. The Kier molecular flexibility index (Phi) is 2.82. The molecule has 78 valence electrons. The molecule has 0 aliphatic carbocycles. The number of thiophene rings is 1. The van der Waals surface area contributed by atoms with Crippen LogP contribution in [0.3, 0.4) is 0 Å². The molecule has 0 radical (unpaired) electrons. The molecule has 0 spiro atoms. The van der Waals surface area contributed by atoms with E-state index in [0.29, 0.717) is 5.88 Å². The van der Waals surface area contributed by atoms with Crippen LogP contribution in [0, 0.1) is 6.92 Å². The van der Waals surface area contributed by atoms with Crippen LogP contribution in [0.1, 0.15) is 14.5 Å². The highest BCUT2D eigenvalue weighted by Crippen LogP contribution is 2.15. The molecule has 15 heavy (non-hydrogen) atoms. The van der Waals surface area contributed by atoms with E-state index in [1.807, 2.05) is 19.1 Å². The highest BCUT2D eigenvalue weighted by molar-refractivity contribution is 7.14. The number of carbonyl (C=O) groups excluding carboxylic acids is 1. The topological polar surface area (TPSA) is 55.1 Å². The van der Waals surface area contributed by atoms with Crippen molar-refractivity contribution in [1.29, 1.82) is 0 Å². The van der Waals surface area contributed by atoms with E-state index in [0.717, 1.165) is 9.75 Å². The van der Waals surface area contributed by atoms with E-state index < -0.39 is 0 Å². The number of Topliss-reactive ketones (excluding diaryl/α,β-unsaturated/α-hetero) is 1. The predicted molar refractivity (Wildman–Crippen MR) is 58.4 cm³/mol. The molecule has 0 saturated carbocycles. The zero-order valence-corrected chi connectivity index (χ0v) is 9.00. The minimum Gasteiger partial charge on any atom is -0.428 e. The van der Waals surface area contributed by atoms with Gasteiger partial charge in [-0.25, -0.2) is 4.98 Å². The van der Waals surface area contributed by atoms with Gasteiger partial charge in [-0.1, -0.05) is 0 Å². The van der Waals surface area contributed by atoms with E-state index in [2.05, 4.69) is 10.3 Å². The highest BCUT2D eigenvalue weighted by Gasteiger charge is 2.08. The zero-order valence-electron chi connectivity index (χ0n) is 8.19. The summed E-state index contributed by atoms with van der Waals surface area (Å²) in [6.45, 7) is 2.21. The van der Waals surface area contributed by atoms with Gasteiger partial charge in [-0.3, -0.25) is 4.79 Å². The summed E-state index contributed by atoms with van der Waals surface area (Å²) in [6.07, 6.45) is 2.86. The number of hydrogen-bond acceptors (Lipinski definition) is 5. The van der Waals surface area contributed by atoms with Crippen LogP contribution >= 0.6 is 11.3 Å². The van der Waals surface area contributed by atoms with Crippen molar-refractivity contribution >= 4 is 23.0 Å². The van der Waals surface area contributed by atoms with Crippen LogP contribution in [0.25, 0.3) is 0 Å². The van der Waals surface area contributed by atoms with Crippen LogP contribution in [-0.4, -0.2) is 17.3 Å². The molecule has 2 rings (SSSR count). The number of nitrogens with one attached hydrogen (secondary N) is 1. The van der Waals surface area contributed by atoms with Gasteiger partial charge in [-0.05, 0) is 19.1 Å². The van der Waals surface area contributed by atoms with E-state index in [1.54, 1.807) is 0 Å². The maximum atomic E-state index is 11.6. The Balaban J connectivity index is 1.93. The number of aromatic nitrogens is 1. The van der Waals surface area contributed by atoms with Crippen LogP contribution in [0.15, 0.2) is 29.1 Å².